The minimum absolute atomic E-state index is 0.0613. The number of nitrogens with one attached hydrogen (secondary N) is 3. The normalized spacial score (nSPS) is 18.1. The van der Waals surface area contributed by atoms with Crippen molar-refractivity contribution in [1.82, 2.24) is 15.5 Å². The van der Waals surface area contributed by atoms with E-state index in [2.05, 4.69) is 26.1 Å². The molecule has 1 aromatic heterocycles. The molecule has 1 heterocycles. The zero-order chi connectivity index (χ0) is 26.2. The molecule has 11 heteroatoms. The summed E-state index contributed by atoms with van der Waals surface area (Å²) in [6.45, 7) is -0.313. The number of hydrogen-bond donors (Lipinski definition) is 5. The fourth-order valence-corrected chi connectivity index (χ4v) is 4.40. The quantitative estimate of drug-likeness (QED) is 0.278. The van der Waals surface area contributed by atoms with E-state index < -0.39 is 17.8 Å². The lowest BCUT2D eigenvalue weighted by molar-refractivity contribution is -0.122. The molecule has 37 heavy (non-hydrogen) atoms. The van der Waals surface area contributed by atoms with Gasteiger partial charge in [0.05, 0.1) is 18.4 Å². The van der Waals surface area contributed by atoms with Crippen LogP contribution < -0.4 is 16.0 Å². The Bertz CT molecular complexity index is 1190. The van der Waals surface area contributed by atoms with Crippen molar-refractivity contribution in [3.8, 4) is 0 Å². The molecule has 2 amide bonds. The molecule has 0 radical (unpaired) electrons. The van der Waals surface area contributed by atoms with Crippen molar-refractivity contribution in [3.63, 3.8) is 0 Å². The number of carbonyl (C=O) groups is 2. The van der Waals surface area contributed by atoms with Gasteiger partial charge in [-0.05, 0) is 67.3 Å². The van der Waals surface area contributed by atoms with Gasteiger partial charge in [-0.1, -0.05) is 29.4 Å². The lowest BCUT2D eigenvalue weighted by atomic mass is 9.77. The van der Waals surface area contributed by atoms with E-state index in [1.54, 1.807) is 12.1 Å². The van der Waals surface area contributed by atoms with Gasteiger partial charge in [-0.3, -0.25) is 9.59 Å². The summed E-state index contributed by atoms with van der Waals surface area (Å²) in [6.07, 6.45) is 3.27. The Hall–Kier alpha value is -3.83. The van der Waals surface area contributed by atoms with E-state index in [0.29, 0.717) is 23.9 Å². The van der Waals surface area contributed by atoms with Gasteiger partial charge >= 0.3 is 17.8 Å². The highest BCUT2D eigenvalue weighted by molar-refractivity contribution is 6.00. The van der Waals surface area contributed by atoms with Crippen molar-refractivity contribution in [2.24, 2.45) is 5.92 Å². The predicted octanol–water partition coefficient (Wildman–Crippen LogP) is 3.34. The van der Waals surface area contributed by atoms with E-state index in [0.717, 1.165) is 25.7 Å². The minimum Gasteiger partial charge on any atom is -0.399 e. The molecular formula is C26H30FN5O5. The Morgan fingerprint density at radius 3 is 2.49 bits per heavy atom. The molecule has 196 valence electrons. The Morgan fingerprint density at radius 2 is 1.78 bits per heavy atom. The highest BCUT2D eigenvalue weighted by atomic mass is 19.1. The third-order valence-corrected chi connectivity index (χ3v) is 6.44. The highest BCUT2D eigenvalue weighted by Gasteiger charge is 2.24. The van der Waals surface area contributed by atoms with Crippen LogP contribution in [-0.2, 0) is 4.79 Å². The predicted molar refractivity (Wildman–Crippen MR) is 134 cm³/mol. The van der Waals surface area contributed by atoms with Gasteiger partial charge in [-0.2, -0.15) is 0 Å². The van der Waals surface area contributed by atoms with Gasteiger partial charge in [-0.15, -0.1) is 5.10 Å². The van der Waals surface area contributed by atoms with Crippen molar-refractivity contribution in [3.05, 3.63) is 65.8 Å². The van der Waals surface area contributed by atoms with E-state index in [4.69, 9.17) is 9.52 Å². The number of rotatable bonds is 10. The molecule has 1 fully saturated rings. The Balaban J connectivity index is 1.24. The molecule has 0 bridgehead atoms. The fourth-order valence-electron chi connectivity index (χ4n) is 4.40. The number of aromatic nitrogens is 2. The second-order valence-electron chi connectivity index (χ2n) is 9.16. The maximum absolute atomic E-state index is 13.8. The Morgan fingerprint density at radius 1 is 1.05 bits per heavy atom. The van der Waals surface area contributed by atoms with Crippen LogP contribution in [0.1, 0.15) is 54.3 Å². The molecule has 1 saturated carbocycles. The first-order valence-electron chi connectivity index (χ1n) is 12.2. The van der Waals surface area contributed by atoms with Crippen molar-refractivity contribution in [2.75, 3.05) is 23.8 Å². The van der Waals surface area contributed by atoms with E-state index >= 15 is 0 Å². The number of para-hydroxylation sites is 1. The van der Waals surface area contributed by atoms with Gasteiger partial charge in [-0.25, -0.2) is 4.39 Å². The minimum atomic E-state index is -0.931. The molecule has 4 rings (SSSR count). The maximum Gasteiger partial charge on any atom is 0.320 e. The monoisotopic (exact) mass is 511 g/mol. The number of aliphatic hydroxyl groups is 2. The van der Waals surface area contributed by atoms with Crippen LogP contribution >= 0.6 is 0 Å². The van der Waals surface area contributed by atoms with E-state index in [-0.39, 0.29) is 36.7 Å². The summed E-state index contributed by atoms with van der Waals surface area (Å²) in [5, 5.41) is 33.6. The smallest absolute Gasteiger partial charge is 0.320 e. The molecule has 1 unspecified atom stereocenters. The van der Waals surface area contributed by atoms with Gasteiger partial charge in [0.2, 0.25) is 5.91 Å². The van der Waals surface area contributed by atoms with E-state index in [9.17, 15) is 19.1 Å². The lowest BCUT2D eigenvalue weighted by Crippen LogP contribution is -2.35. The first-order valence-corrected chi connectivity index (χ1v) is 12.2. The molecular weight excluding hydrogens is 481 g/mol. The fraction of sp³-hybridized carbons (Fsp3) is 0.385. The van der Waals surface area contributed by atoms with Crippen LogP contribution in [0.2, 0.25) is 0 Å². The SMILES string of the molecule is O=C(C[C@H]1CC[C@H](c2ccc(NC(=O)c3nnc(Nc4ccccc4F)o3)cc2)CC1)NCC(O)CO. The van der Waals surface area contributed by atoms with Crippen molar-refractivity contribution >= 4 is 29.2 Å². The van der Waals surface area contributed by atoms with Crippen LogP contribution in [0.4, 0.5) is 21.8 Å². The number of benzene rings is 2. The molecule has 0 saturated heterocycles. The molecule has 1 atom stereocenters. The number of carbonyl (C=O) groups excluding carboxylic acids is 2. The largest absolute Gasteiger partial charge is 0.399 e. The standard InChI is InChI=1S/C26H30FN5O5/c27-21-3-1-2-4-22(21)30-26-32-31-25(37-26)24(36)29-19-11-9-18(10-12-19)17-7-5-16(6-8-17)13-23(35)28-14-20(34)15-33/h1-4,9-12,16-17,20,33-34H,5-8,13-15H2,(H,28,35)(H,29,36)(H,30,32)/t16-,17-,20?. The molecule has 1 aliphatic rings. The summed E-state index contributed by atoms with van der Waals surface area (Å²) in [4.78, 5) is 24.5. The zero-order valence-corrected chi connectivity index (χ0v) is 20.2. The molecule has 3 aromatic rings. The number of anilines is 3. The molecule has 10 nitrogen and oxygen atoms in total. The average molecular weight is 512 g/mol. The number of hydrogen-bond acceptors (Lipinski definition) is 8. The molecule has 0 aliphatic heterocycles. The van der Waals surface area contributed by atoms with Gasteiger partial charge in [0.25, 0.3) is 0 Å². The summed E-state index contributed by atoms with van der Waals surface area (Å²) in [7, 11) is 0. The number of amides is 2. The van der Waals surface area contributed by atoms with Gasteiger partial charge in [0.1, 0.15) is 5.82 Å². The molecule has 5 N–H and O–H groups in total. The van der Waals surface area contributed by atoms with Crippen LogP contribution in [0.15, 0.2) is 52.9 Å². The highest BCUT2D eigenvalue weighted by Crippen LogP contribution is 2.37. The molecule has 2 aromatic carbocycles. The van der Waals surface area contributed by atoms with Gasteiger partial charge < -0.3 is 30.6 Å². The lowest BCUT2D eigenvalue weighted by Gasteiger charge is -2.28. The van der Waals surface area contributed by atoms with Crippen molar-refractivity contribution < 1.29 is 28.6 Å². The van der Waals surface area contributed by atoms with E-state index in [1.807, 2.05) is 24.3 Å². The van der Waals surface area contributed by atoms with Crippen LogP contribution in [0.5, 0.6) is 0 Å². The van der Waals surface area contributed by atoms with Gasteiger partial charge in [0.15, 0.2) is 0 Å². The number of nitrogens with zero attached hydrogens (tertiary/aromatic N) is 2. The first kappa shape index (κ1) is 26.2. The first-order chi connectivity index (χ1) is 17.9. The van der Waals surface area contributed by atoms with Crippen LogP contribution in [0.3, 0.4) is 0 Å². The topological polar surface area (TPSA) is 150 Å². The van der Waals surface area contributed by atoms with Crippen LogP contribution in [0.25, 0.3) is 0 Å². The Labute approximate surface area is 213 Å². The number of halogens is 1. The summed E-state index contributed by atoms with van der Waals surface area (Å²) < 4.78 is 19.1. The third-order valence-electron chi connectivity index (χ3n) is 6.44. The summed E-state index contributed by atoms with van der Waals surface area (Å²) >= 11 is 0. The summed E-state index contributed by atoms with van der Waals surface area (Å²) in [6, 6.07) is 13.5. The second kappa shape index (κ2) is 12.4. The average Bonchev–Trinajstić information content (AvgIpc) is 3.38. The molecule has 0 spiro atoms. The van der Waals surface area contributed by atoms with Crippen molar-refractivity contribution in [2.45, 2.75) is 44.1 Å². The van der Waals surface area contributed by atoms with E-state index in [1.165, 1.54) is 17.7 Å². The van der Waals surface area contributed by atoms with Gasteiger partial charge in [0, 0.05) is 18.7 Å². The molecule has 1 aliphatic carbocycles. The third kappa shape index (κ3) is 7.34. The number of aliphatic hydroxyl groups excluding tert-OH is 2. The summed E-state index contributed by atoms with van der Waals surface area (Å²) in [5.41, 5.74) is 1.90. The zero-order valence-electron chi connectivity index (χ0n) is 20.2. The van der Waals surface area contributed by atoms with Crippen LogP contribution in [0, 0.1) is 11.7 Å². The maximum atomic E-state index is 13.8. The van der Waals surface area contributed by atoms with Crippen LogP contribution in [-0.4, -0.2) is 51.5 Å². The van der Waals surface area contributed by atoms with Crippen molar-refractivity contribution in [1.29, 1.82) is 0 Å². The Kier molecular flexibility index (Phi) is 8.81. The summed E-state index contributed by atoms with van der Waals surface area (Å²) in [5.74, 6) is -0.743. The second-order valence-corrected chi connectivity index (χ2v) is 9.16.